The van der Waals surface area contributed by atoms with Crippen LogP contribution in [0, 0.1) is 0 Å². The lowest BCUT2D eigenvalue weighted by molar-refractivity contribution is 0.103. The number of nitrogen functional groups attached to an aromatic ring is 1. The van der Waals surface area contributed by atoms with Crippen molar-refractivity contribution in [1.82, 2.24) is 0 Å². The van der Waals surface area contributed by atoms with Crippen molar-refractivity contribution in [2.45, 2.75) is 13.3 Å². The van der Waals surface area contributed by atoms with Crippen molar-refractivity contribution >= 4 is 28.6 Å². The molecule has 0 aliphatic rings. The molecule has 0 atom stereocenters. The Morgan fingerprint density at radius 3 is 2.82 bits per heavy atom. The fraction of sp³-hybridized carbons (Fsp3) is 0.154. The Kier molecular flexibility index (Phi) is 3.44. The van der Waals surface area contributed by atoms with Gasteiger partial charge in [-0.05, 0) is 35.6 Å². The molecule has 1 heterocycles. The minimum atomic E-state index is -0.0938. The van der Waals surface area contributed by atoms with Crippen LogP contribution in [0.4, 0.5) is 11.4 Å². The van der Waals surface area contributed by atoms with Crippen LogP contribution in [0.2, 0.25) is 0 Å². The minimum Gasteiger partial charge on any atom is -0.398 e. The fourth-order valence-electron chi connectivity index (χ4n) is 1.60. The number of nitrogens with two attached hydrogens (primary N) is 1. The number of amides is 1. The highest BCUT2D eigenvalue weighted by atomic mass is 32.1. The van der Waals surface area contributed by atoms with Crippen LogP contribution in [-0.2, 0) is 6.42 Å². The van der Waals surface area contributed by atoms with Crippen LogP contribution in [0.25, 0.3) is 0 Å². The van der Waals surface area contributed by atoms with E-state index in [1.54, 1.807) is 12.1 Å². The van der Waals surface area contributed by atoms with Gasteiger partial charge in [-0.15, -0.1) is 11.3 Å². The molecular weight excluding hydrogens is 232 g/mol. The van der Waals surface area contributed by atoms with Crippen LogP contribution < -0.4 is 11.1 Å². The first-order valence-corrected chi connectivity index (χ1v) is 6.32. The Morgan fingerprint density at radius 1 is 1.41 bits per heavy atom. The van der Waals surface area contributed by atoms with Gasteiger partial charge in [-0.1, -0.05) is 19.1 Å². The average molecular weight is 246 g/mol. The SMILES string of the molecule is CCc1ccc(NC(=O)c2cccs2)cc1N. The molecule has 0 radical (unpaired) electrons. The smallest absolute Gasteiger partial charge is 0.265 e. The van der Waals surface area contributed by atoms with E-state index in [9.17, 15) is 4.79 Å². The summed E-state index contributed by atoms with van der Waals surface area (Å²) in [6.07, 6.45) is 0.894. The van der Waals surface area contributed by atoms with Crippen LogP contribution in [0.1, 0.15) is 22.2 Å². The van der Waals surface area contributed by atoms with Crippen molar-refractivity contribution in [3.05, 3.63) is 46.2 Å². The van der Waals surface area contributed by atoms with Gasteiger partial charge in [0, 0.05) is 11.4 Å². The van der Waals surface area contributed by atoms with E-state index in [2.05, 4.69) is 12.2 Å². The van der Waals surface area contributed by atoms with Gasteiger partial charge in [-0.25, -0.2) is 0 Å². The molecule has 0 saturated carbocycles. The maximum absolute atomic E-state index is 11.8. The van der Waals surface area contributed by atoms with Crippen LogP contribution in [0.3, 0.4) is 0 Å². The molecule has 88 valence electrons. The van der Waals surface area contributed by atoms with Gasteiger partial charge in [0.05, 0.1) is 4.88 Å². The molecular formula is C13H14N2OS. The molecule has 2 rings (SSSR count). The van der Waals surface area contributed by atoms with E-state index in [-0.39, 0.29) is 5.91 Å². The summed E-state index contributed by atoms with van der Waals surface area (Å²) in [5.41, 5.74) is 8.43. The second-order valence-corrected chi connectivity index (χ2v) is 4.65. The highest BCUT2D eigenvalue weighted by Gasteiger charge is 2.07. The summed E-state index contributed by atoms with van der Waals surface area (Å²) in [7, 11) is 0. The van der Waals surface area contributed by atoms with Crippen LogP contribution >= 0.6 is 11.3 Å². The summed E-state index contributed by atoms with van der Waals surface area (Å²) in [5, 5.41) is 4.71. The first-order chi connectivity index (χ1) is 8.20. The monoisotopic (exact) mass is 246 g/mol. The van der Waals surface area contributed by atoms with E-state index >= 15 is 0 Å². The van der Waals surface area contributed by atoms with Gasteiger partial charge >= 0.3 is 0 Å². The molecule has 3 N–H and O–H groups in total. The zero-order chi connectivity index (χ0) is 12.3. The van der Waals surface area contributed by atoms with Crippen LogP contribution in [0.5, 0.6) is 0 Å². The number of nitrogens with one attached hydrogen (secondary N) is 1. The van der Waals surface area contributed by atoms with Gasteiger partial charge in [-0.2, -0.15) is 0 Å². The molecule has 0 spiro atoms. The molecule has 2 aromatic rings. The van der Waals surface area contributed by atoms with E-state index < -0.39 is 0 Å². The van der Waals surface area contributed by atoms with Crippen molar-refractivity contribution < 1.29 is 4.79 Å². The summed E-state index contributed by atoms with van der Waals surface area (Å²) in [6.45, 7) is 2.05. The van der Waals surface area contributed by atoms with Crippen molar-refractivity contribution in [1.29, 1.82) is 0 Å². The van der Waals surface area contributed by atoms with Crippen LogP contribution in [0.15, 0.2) is 35.7 Å². The molecule has 4 heteroatoms. The van der Waals surface area contributed by atoms with Gasteiger partial charge in [0.1, 0.15) is 0 Å². The molecule has 0 aliphatic carbocycles. The zero-order valence-corrected chi connectivity index (χ0v) is 10.4. The first kappa shape index (κ1) is 11.7. The summed E-state index contributed by atoms with van der Waals surface area (Å²) >= 11 is 1.42. The lowest BCUT2D eigenvalue weighted by Gasteiger charge is -2.07. The number of rotatable bonds is 3. The molecule has 3 nitrogen and oxygen atoms in total. The van der Waals surface area contributed by atoms with E-state index in [0.29, 0.717) is 4.88 Å². The second-order valence-electron chi connectivity index (χ2n) is 3.70. The van der Waals surface area contributed by atoms with Gasteiger partial charge in [-0.3, -0.25) is 4.79 Å². The van der Waals surface area contributed by atoms with E-state index in [1.807, 2.05) is 23.6 Å². The Bertz CT molecular complexity index is 520. The number of hydrogen-bond donors (Lipinski definition) is 2. The minimum absolute atomic E-state index is 0.0938. The summed E-state index contributed by atoms with van der Waals surface area (Å²) in [4.78, 5) is 12.5. The predicted molar refractivity (Wildman–Crippen MR) is 72.5 cm³/mol. The van der Waals surface area contributed by atoms with Gasteiger partial charge in [0.15, 0.2) is 0 Å². The molecule has 0 saturated heterocycles. The van der Waals surface area contributed by atoms with Crippen molar-refractivity contribution in [3.8, 4) is 0 Å². The lowest BCUT2D eigenvalue weighted by atomic mass is 10.1. The highest BCUT2D eigenvalue weighted by Crippen LogP contribution is 2.19. The van der Waals surface area contributed by atoms with Crippen molar-refractivity contribution in [3.63, 3.8) is 0 Å². The fourth-order valence-corrected chi connectivity index (χ4v) is 2.21. The van der Waals surface area contributed by atoms with Crippen molar-refractivity contribution in [2.24, 2.45) is 0 Å². The molecule has 17 heavy (non-hydrogen) atoms. The van der Waals surface area contributed by atoms with Crippen molar-refractivity contribution in [2.75, 3.05) is 11.1 Å². The molecule has 1 amide bonds. The Hall–Kier alpha value is -1.81. The average Bonchev–Trinajstić information content (AvgIpc) is 2.82. The molecule has 1 aromatic heterocycles. The van der Waals surface area contributed by atoms with E-state index in [4.69, 9.17) is 5.73 Å². The second kappa shape index (κ2) is 5.01. The standard InChI is InChI=1S/C13H14N2OS/c1-2-9-5-6-10(8-11(9)14)15-13(16)12-4-3-7-17-12/h3-8H,2,14H2,1H3,(H,15,16). The van der Waals surface area contributed by atoms with E-state index in [0.717, 1.165) is 23.4 Å². The Balaban J connectivity index is 2.14. The van der Waals surface area contributed by atoms with Gasteiger partial charge in [0.25, 0.3) is 5.91 Å². The number of aryl methyl sites for hydroxylation is 1. The maximum atomic E-state index is 11.8. The molecule has 0 fully saturated rings. The third kappa shape index (κ3) is 2.65. The third-order valence-electron chi connectivity index (χ3n) is 2.53. The lowest BCUT2D eigenvalue weighted by Crippen LogP contribution is -2.10. The summed E-state index contributed by atoms with van der Waals surface area (Å²) in [6, 6.07) is 9.27. The number of anilines is 2. The Labute approximate surface area is 104 Å². The van der Waals surface area contributed by atoms with Crippen LogP contribution in [-0.4, -0.2) is 5.91 Å². The maximum Gasteiger partial charge on any atom is 0.265 e. The van der Waals surface area contributed by atoms with Gasteiger partial charge in [0.2, 0.25) is 0 Å². The molecule has 1 aromatic carbocycles. The number of thiophene rings is 1. The number of hydrogen-bond acceptors (Lipinski definition) is 3. The zero-order valence-electron chi connectivity index (χ0n) is 9.57. The largest absolute Gasteiger partial charge is 0.398 e. The highest BCUT2D eigenvalue weighted by molar-refractivity contribution is 7.12. The predicted octanol–water partition coefficient (Wildman–Crippen LogP) is 3.15. The topological polar surface area (TPSA) is 55.1 Å². The first-order valence-electron chi connectivity index (χ1n) is 5.44. The number of carbonyl (C=O) groups is 1. The number of carbonyl (C=O) groups excluding carboxylic acids is 1. The third-order valence-corrected chi connectivity index (χ3v) is 3.40. The molecule has 0 unspecified atom stereocenters. The molecule has 0 aliphatic heterocycles. The normalized spacial score (nSPS) is 10.2. The summed E-state index contributed by atoms with van der Waals surface area (Å²) in [5.74, 6) is -0.0938. The Morgan fingerprint density at radius 2 is 2.24 bits per heavy atom. The van der Waals surface area contributed by atoms with Gasteiger partial charge < -0.3 is 11.1 Å². The number of benzene rings is 1. The summed E-state index contributed by atoms with van der Waals surface area (Å²) < 4.78 is 0. The quantitative estimate of drug-likeness (QED) is 0.817. The molecule has 0 bridgehead atoms. The van der Waals surface area contributed by atoms with E-state index in [1.165, 1.54) is 11.3 Å².